The lowest BCUT2D eigenvalue weighted by Crippen LogP contribution is -2.46. The van der Waals surface area contributed by atoms with Crippen LogP contribution in [0.25, 0.3) is 0 Å². The first-order chi connectivity index (χ1) is 10.7. The second-order valence-corrected chi connectivity index (χ2v) is 5.77. The van der Waals surface area contributed by atoms with Crippen molar-refractivity contribution in [3.8, 4) is 0 Å². The molecule has 22 heavy (non-hydrogen) atoms. The van der Waals surface area contributed by atoms with Gasteiger partial charge in [-0.25, -0.2) is 5.10 Å². The number of piperidine rings is 1. The zero-order chi connectivity index (χ0) is 15.4. The summed E-state index contributed by atoms with van der Waals surface area (Å²) >= 11 is 0. The molecule has 3 heterocycles. The van der Waals surface area contributed by atoms with Gasteiger partial charge in [-0.15, -0.1) is 0 Å². The molecule has 0 saturated carbocycles. The van der Waals surface area contributed by atoms with Crippen LogP contribution >= 0.6 is 0 Å². The molecule has 1 unspecified atom stereocenters. The molecule has 0 aromatic carbocycles. The molecule has 3 rings (SSSR count). The Hall–Kier alpha value is -2.08. The fourth-order valence-electron chi connectivity index (χ4n) is 2.95. The molecular weight excluding hydrogens is 280 g/mol. The third-order valence-electron chi connectivity index (χ3n) is 4.06. The summed E-state index contributed by atoms with van der Waals surface area (Å²) in [6.45, 7) is 4.54. The minimum Gasteiger partial charge on any atom is -0.465 e. The molecule has 0 radical (unpaired) electrons. The average Bonchev–Trinajstić information content (AvgIpc) is 2.94. The normalized spacial score (nSPS) is 18.6. The summed E-state index contributed by atoms with van der Waals surface area (Å²) in [7, 11) is 0. The number of aryl methyl sites for hydroxylation is 1. The highest BCUT2D eigenvalue weighted by Crippen LogP contribution is 2.21. The van der Waals surface area contributed by atoms with Crippen LogP contribution in [0.15, 0.2) is 33.5 Å². The van der Waals surface area contributed by atoms with Gasteiger partial charge in [0.15, 0.2) is 0 Å². The van der Waals surface area contributed by atoms with Crippen LogP contribution in [0.1, 0.15) is 30.8 Å². The van der Waals surface area contributed by atoms with Gasteiger partial charge in [-0.05, 0) is 44.4 Å². The number of H-pyrrole nitrogens is 1. The second-order valence-electron chi connectivity index (χ2n) is 5.77. The number of nitrogens with zero attached hydrogens (tertiary/aromatic N) is 2. The van der Waals surface area contributed by atoms with Gasteiger partial charge in [0, 0.05) is 25.2 Å². The van der Waals surface area contributed by atoms with E-state index in [-0.39, 0.29) is 5.56 Å². The molecular formula is C16H22N4O2. The Morgan fingerprint density at radius 3 is 3.00 bits per heavy atom. The van der Waals surface area contributed by atoms with Gasteiger partial charge in [-0.1, -0.05) is 0 Å². The molecule has 2 aromatic rings. The lowest BCUT2D eigenvalue weighted by Gasteiger charge is -2.36. The van der Waals surface area contributed by atoms with E-state index in [1.165, 1.54) is 12.5 Å². The van der Waals surface area contributed by atoms with Gasteiger partial charge in [0.2, 0.25) is 0 Å². The average molecular weight is 302 g/mol. The molecule has 6 nitrogen and oxygen atoms in total. The minimum atomic E-state index is -0.163. The topological polar surface area (TPSA) is 74.2 Å². The highest BCUT2D eigenvalue weighted by atomic mass is 16.3. The number of nitrogens with one attached hydrogen (secondary N) is 2. The Bertz CT molecular complexity index is 644. The van der Waals surface area contributed by atoms with E-state index >= 15 is 0 Å². The molecule has 2 N–H and O–H groups in total. The van der Waals surface area contributed by atoms with E-state index in [2.05, 4.69) is 20.4 Å². The number of hydrogen-bond acceptors (Lipinski definition) is 5. The van der Waals surface area contributed by atoms with Crippen molar-refractivity contribution >= 4 is 5.82 Å². The Balaban J connectivity index is 1.60. The van der Waals surface area contributed by atoms with Crippen molar-refractivity contribution in [1.82, 2.24) is 15.5 Å². The van der Waals surface area contributed by atoms with Gasteiger partial charge in [0.05, 0.1) is 6.54 Å². The maximum atomic E-state index is 11.2. The first kappa shape index (κ1) is 14.8. The third-order valence-corrected chi connectivity index (χ3v) is 4.06. The number of anilines is 1. The van der Waals surface area contributed by atoms with E-state index in [4.69, 9.17) is 4.42 Å². The predicted molar refractivity (Wildman–Crippen MR) is 85.0 cm³/mol. The summed E-state index contributed by atoms with van der Waals surface area (Å²) in [6.07, 6.45) is 3.52. The first-order valence-corrected chi connectivity index (χ1v) is 7.81. The Morgan fingerprint density at radius 2 is 2.27 bits per heavy atom. The van der Waals surface area contributed by atoms with Gasteiger partial charge in [0.25, 0.3) is 5.56 Å². The second kappa shape index (κ2) is 6.79. The van der Waals surface area contributed by atoms with Crippen LogP contribution in [0.5, 0.6) is 0 Å². The van der Waals surface area contributed by atoms with Crippen molar-refractivity contribution in [1.29, 1.82) is 0 Å². The molecule has 1 fully saturated rings. The SMILES string of the molecule is Cc1ccc(CNCC2CCCCN2c2ccc(=O)[nH]n2)o1. The van der Waals surface area contributed by atoms with Crippen LogP contribution in [0, 0.1) is 6.92 Å². The van der Waals surface area contributed by atoms with Crippen molar-refractivity contribution in [2.75, 3.05) is 18.0 Å². The van der Waals surface area contributed by atoms with Gasteiger partial charge in [-0.2, -0.15) is 5.10 Å². The number of aromatic nitrogens is 2. The Kier molecular flexibility index (Phi) is 4.58. The van der Waals surface area contributed by atoms with Crippen LogP contribution in [0.2, 0.25) is 0 Å². The van der Waals surface area contributed by atoms with E-state index in [9.17, 15) is 4.79 Å². The van der Waals surface area contributed by atoms with Gasteiger partial charge in [-0.3, -0.25) is 4.79 Å². The van der Waals surface area contributed by atoms with Gasteiger partial charge in [0.1, 0.15) is 17.3 Å². The highest BCUT2D eigenvalue weighted by molar-refractivity contribution is 5.38. The monoisotopic (exact) mass is 302 g/mol. The number of hydrogen-bond donors (Lipinski definition) is 2. The van der Waals surface area contributed by atoms with Crippen LogP contribution in [0.4, 0.5) is 5.82 Å². The lowest BCUT2D eigenvalue weighted by atomic mass is 10.0. The van der Waals surface area contributed by atoms with E-state index < -0.39 is 0 Å². The van der Waals surface area contributed by atoms with Crippen LogP contribution < -0.4 is 15.8 Å². The molecule has 1 atom stereocenters. The minimum absolute atomic E-state index is 0.163. The lowest BCUT2D eigenvalue weighted by molar-refractivity contribution is 0.411. The van der Waals surface area contributed by atoms with E-state index in [0.29, 0.717) is 6.04 Å². The number of aromatic amines is 1. The Labute approximate surface area is 129 Å². The van der Waals surface area contributed by atoms with Crippen LogP contribution in [-0.2, 0) is 6.54 Å². The van der Waals surface area contributed by atoms with Gasteiger partial charge < -0.3 is 14.6 Å². The molecule has 2 aromatic heterocycles. The summed E-state index contributed by atoms with van der Waals surface area (Å²) in [5.74, 6) is 2.75. The number of rotatable bonds is 5. The highest BCUT2D eigenvalue weighted by Gasteiger charge is 2.23. The number of furan rings is 1. The third kappa shape index (κ3) is 3.57. The molecule has 0 spiro atoms. The summed E-state index contributed by atoms with van der Waals surface area (Å²) < 4.78 is 5.57. The van der Waals surface area contributed by atoms with Crippen molar-refractivity contribution < 1.29 is 4.42 Å². The standard InChI is InChI=1S/C16H22N4O2/c1-12-5-6-14(22-12)11-17-10-13-4-2-3-9-20(13)15-7-8-16(21)19-18-15/h5-8,13,17H,2-4,9-11H2,1H3,(H,19,21). The molecule has 0 bridgehead atoms. The predicted octanol–water partition coefficient (Wildman–Crippen LogP) is 1.82. The largest absolute Gasteiger partial charge is 0.465 e. The van der Waals surface area contributed by atoms with Crippen LogP contribution in [-0.4, -0.2) is 29.3 Å². The van der Waals surface area contributed by atoms with E-state index in [1.54, 1.807) is 6.07 Å². The van der Waals surface area contributed by atoms with E-state index in [1.807, 2.05) is 19.1 Å². The fourth-order valence-corrected chi connectivity index (χ4v) is 2.95. The molecule has 0 aliphatic carbocycles. The molecule has 1 aliphatic rings. The van der Waals surface area contributed by atoms with Crippen molar-refractivity contribution in [2.45, 2.75) is 38.8 Å². The zero-order valence-corrected chi connectivity index (χ0v) is 12.8. The fraction of sp³-hybridized carbons (Fsp3) is 0.500. The summed E-state index contributed by atoms with van der Waals surface area (Å²) in [5.41, 5.74) is -0.163. The Morgan fingerprint density at radius 1 is 1.36 bits per heavy atom. The maximum Gasteiger partial charge on any atom is 0.264 e. The maximum absolute atomic E-state index is 11.2. The molecule has 6 heteroatoms. The zero-order valence-electron chi connectivity index (χ0n) is 12.8. The van der Waals surface area contributed by atoms with Crippen molar-refractivity contribution in [3.05, 3.63) is 46.1 Å². The van der Waals surface area contributed by atoms with Crippen molar-refractivity contribution in [3.63, 3.8) is 0 Å². The van der Waals surface area contributed by atoms with Gasteiger partial charge >= 0.3 is 0 Å². The smallest absolute Gasteiger partial charge is 0.264 e. The summed E-state index contributed by atoms with van der Waals surface area (Å²) in [5, 5.41) is 10.1. The molecule has 1 saturated heterocycles. The van der Waals surface area contributed by atoms with E-state index in [0.717, 1.165) is 49.8 Å². The van der Waals surface area contributed by atoms with Crippen LogP contribution in [0.3, 0.4) is 0 Å². The first-order valence-electron chi connectivity index (χ1n) is 7.81. The molecule has 0 amide bonds. The summed E-state index contributed by atoms with van der Waals surface area (Å²) in [4.78, 5) is 13.4. The molecule has 118 valence electrons. The molecule has 1 aliphatic heterocycles. The van der Waals surface area contributed by atoms with Crippen molar-refractivity contribution in [2.24, 2.45) is 0 Å². The quantitative estimate of drug-likeness (QED) is 0.881. The summed E-state index contributed by atoms with van der Waals surface area (Å²) in [6, 6.07) is 7.71.